The van der Waals surface area contributed by atoms with Crippen LogP contribution in [0, 0.1) is 5.92 Å². The van der Waals surface area contributed by atoms with Crippen LogP contribution in [0.2, 0.25) is 0 Å². The van der Waals surface area contributed by atoms with E-state index in [1.54, 1.807) is 20.8 Å². The van der Waals surface area contributed by atoms with Gasteiger partial charge in [0.2, 0.25) is 5.91 Å². The van der Waals surface area contributed by atoms with E-state index in [9.17, 15) is 19.2 Å². The molecule has 8 nitrogen and oxygen atoms in total. The molecule has 154 valence electrons. The highest BCUT2D eigenvalue weighted by atomic mass is 16.5. The van der Waals surface area contributed by atoms with Crippen molar-refractivity contribution in [2.24, 2.45) is 11.0 Å². The minimum Gasteiger partial charge on any atom is -0.461 e. The fourth-order valence-corrected chi connectivity index (χ4v) is 3.96. The molecular weight excluding hydrogens is 374 g/mol. The molecule has 2 unspecified atom stereocenters. The van der Waals surface area contributed by atoms with Gasteiger partial charge in [-0.3, -0.25) is 24.3 Å². The third-order valence-corrected chi connectivity index (χ3v) is 5.11. The summed E-state index contributed by atoms with van der Waals surface area (Å²) in [6.07, 6.45) is 0.121. The van der Waals surface area contributed by atoms with Crippen molar-refractivity contribution in [2.75, 3.05) is 6.61 Å². The van der Waals surface area contributed by atoms with E-state index in [0.717, 1.165) is 10.5 Å². The lowest BCUT2D eigenvalue weighted by Gasteiger charge is -2.36. The standard InChI is InChI=1S/C21H25N3O5/c1-5-29-20(28)16-15-17(24(22-16)21(3,4)11-13(2)25)19(27)23(18(15)26)12-14-9-7-6-8-10-14/h6-10,15,17H,5,11-12H2,1-4H3. The van der Waals surface area contributed by atoms with E-state index in [0.29, 0.717) is 0 Å². The summed E-state index contributed by atoms with van der Waals surface area (Å²) < 4.78 is 5.07. The largest absolute Gasteiger partial charge is 0.461 e. The Morgan fingerprint density at radius 3 is 2.38 bits per heavy atom. The van der Waals surface area contributed by atoms with Gasteiger partial charge in [0.1, 0.15) is 17.7 Å². The molecule has 2 atom stereocenters. The topological polar surface area (TPSA) is 96.3 Å². The van der Waals surface area contributed by atoms with E-state index >= 15 is 0 Å². The zero-order chi connectivity index (χ0) is 21.3. The lowest BCUT2D eigenvalue weighted by Crippen LogP contribution is -2.50. The first-order chi connectivity index (χ1) is 13.7. The lowest BCUT2D eigenvalue weighted by molar-refractivity contribution is -0.143. The third kappa shape index (κ3) is 3.79. The molecule has 8 heteroatoms. The molecule has 0 saturated carbocycles. The SMILES string of the molecule is CCOC(=O)C1=NN(C(C)(C)CC(C)=O)C2C(=O)N(Cc3ccccc3)C(=O)C12. The Morgan fingerprint density at radius 1 is 1.14 bits per heavy atom. The second-order valence-corrected chi connectivity index (χ2v) is 7.91. The number of imide groups is 1. The van der Waals surface area contributed by atoms with Crippen molar-refractivity contribution in [3.05, 3.63) is 35.9 Å². The Balaban J connectivity index is 1.98. The first-order valence-corrected chi connectivity index (χ1v) is 9.61. The predicted molar refractivity (Wildman–Crippen MR) is 105 cm³/mol. The highest BCUT2D eigenvalue weighted by Crippen LogP contribution is 2.38. The van der Waals surface area contributed by atoms with E-state index in [-0.39, 0.29) is 31.1 Å². The molecule has 0 radical (unpaired) electrons. The van der Waals surface area contributed by atoms with E-state index in [1.165, 1.54) is 11.9 Å². The smallest absolute Gasteiger partial charge is 0.355 e. The van der Waals surface area contributed by atoms with E-state index in [1.807, 2.05) is 30.3 Å². The van der Waals surface area contributed by atoms with Crippen LogP contribution in [-0.4, -0.2) is 57.4 Å². The molecule has 2 aliphatic rings. The minimum atomic E-state index is -1.03. The number of benzene rings is 1. The predicted octanol–water partition coefficient (Wildman–Crippen LogP) is 1.53. The molecule has 1 aromatic rings. The van der Waals surface area contributed by atoms with Crippen molar-refractivity contribution in [2.45, 2.75) is 52.2 Å². The maximum atomic E-state index is 13.2. The van der Waals surface area contributed by atoms with Gasteiger partial charge in [0.15, 0.2) is 5.71 Å². The summed E-state index contributed by atoms with van der Waals surface area (Å²) in [5.41, 5.74) is -0.123. The summed E-state index contributed by atoms with van der Waals surface area (Å²) in [4.78, 5) is 51.7. The molecule has 1 aromatic carbocycles. The van der Waals surface area contributed by atoms with Crippen LogP contribution in [-0.2, 0) is 30.5 Å². The normalized spacial score (nSPS) is 21.3. The second-order valence-electron chi connectivity index (χ2n) is 7.91. The molecule has 2 aliphatic heterocycles. The molecule has 0 bridgehead atoms. The van der Waals surface area contributed by atoms with Crippen LogP contribution >= 0.6 is 0 Å². The Kier molecular flexibility index (Phi) is 5.55. The van der Waals surface area contributed by atoms with Gasteiger partial charge in [-0.25, -0.2) is 4.79 Å². The van der Waals surface area contributed by atoms with Crippen molar-refractivity contribution >= 4 is 29.3 Å². The van der Waals surface area contributed by atoms with E-state index in [2.05, 4.69) is 5.10 Å². The molecule has 0 aliphatic carbocycles. The number of likely N-dealkylation sites (tertiary alicyclic amines) is 1. The monoisotopic (exact) mass is 399 g/mol. The first kappa shape index (κ1) is 20.7. The van der Waals surface area contributed by atoms with Gasteiger partial charge in [0, 0.05) is 6.42 Å². The van der Waals surface area contributed by atoms with Crippen LogP contribution in [0.5, 0.6) is 0 Å². The van der Waals surface area contributed by atoms with Gasteiger partial charge >= 0.3 is 5.97 Å². The van der Waals surface area contributed by atoms with Gasteiger partial charge < -0.3 is 4.74 Å². The van der Waals surface area contributed by atoms with Crippen LogP contribution in [0.4, 0.5) is 0 Å². The number of hydrogen-bond acceptors (Lipinski definition) is 7. The number of rotatable bonds is 7. The molecule has 0 aromatic heterocycles. The fourth-order valence-electron chi connectivity index (χ4n) is 3.96. The zero-order valence-corrected chi connectivity index (χ0v) is 17.0. The van der Waals surface area contributed by atoms with Crippen LogP contribution < -0.4 is 0 Å². The van der Waals surface area contributed by atoms with Crippen LogP contribution in [0.15, 0.2) is 35.4 Å². The average molecular weight is 399 g/mol. The quantitative estimate of drug-likeness (QED) is 0.510. The molecule has 3 rings (SSSR count). The molecule has 29 heavy (non-hydrogen) atoms. The van der Waals surface area contributed by atoms with Gasteiger partial charge in [0.25, 0.3) is 5.91 Å². The van der Waals surface area contributed by atoms with Crippen molar-refractivity contribution in [3.8, 4) is 0 Å². The van der Waals surface area contributed by atoms with Crippen molar-refractivity contribution in [1.29, 1.82) is 0 Å². The number of esters is 1. The summed E-state index contributed by atoms with van der Waals surface area (Å²) in [6, 6.07) is 8.20. The summed E-state index contributed by atoms with van der Waals surface area (Å²) in [6.45, 7) is 6.88. The number of ether oxygens (including phenoxy) is 1. The second kappa shape index (κ2) is 7.77. The maximum absolute atomic E-state index is 13.2. The summed E-state index contributed by atoms with van der Waals surface area (Å²) in [5, 5.41) is 5.75. The highest BCUT2D eigenvalue weighted by Gasteiger charge is 2.60. The van der Waals surface area contributed by atoms with E-state index in [4.69, 9.17) is 4.74 Å². The Bertz CT molecular complexity index is 878. The minimum absolute atomic E-state index is 0.0794. The lowest BCUT2D eigenvalue weighted by atomic mass is 9.92. The number of carbonyl (C=O) groups excluding carboxylic acids is 4. The average Bonchev–Trinajstić information content (AvgIpc) is 3.15. The van der Waals surface area contributed by atoms with Gasteiger partial charge in [-0.05, 0) is 33.3 Å². The number of hydrazone groups is 1. The molecule has 2 heterocycles. The van der Waals surface area contributed by atoms with Gasteiger partial charge in [-0.15, -0.1) is 0 Å². The fraction of sp³-hybridized carbons (Fsp3) is 0.476. The van der Waals surface area contributed by atoms with Crippen LogP contribution in [0.3, 0.4) is 0 Å². The Morgan fingerprint density at radius 2 is 1.79 bits per heavy atom. The Hall–Kier alpha value is -3.03. The molecular formula is C21H25N3O5. The zero-order valence-electron chi connectivity index (χ0n) is 17.0. The first-order valence-electron chi connectivity index (χ1n) is 9.61. The number of hydrogen-bond donors (Lipinski definition) is 0. The van der Waals surface area contributed by atoms with Gasteiger partial charge in [-0.2, -0.15) is 5.10 Å². The molecule has 2 amide bonds. The number of ketones is 1. The number of amides is 2. The summed E-state index contributed by atoms with van der Waals surface area (Å²) in [7, 11) is 0. The maximum Gasteiger partial charge on any atom is 0.355 e. The van der Waals surface area contributed by atoms with Crippen molar-refractivity contribution < 1.29 is 23.9 Å². The molecule has 0 spiro atoms. The number of carbonyl (C=O) groups is 4. The van der Waals surface area contributed by atoms with Crippen molar-refractivity contribution in [3.63, 3.8) is 0 Å². The Labute approximate surface area is 169 Å². The van der Waals surface area contributed by atoms with E-state index < -0.39 is 35.3 Å². The van der Waals surface area contributed by atoms with Gasteiger partial charge in [-0.1, -0.05) is 30.3 Å². The molecule has 1 saturated heterocycles. The number of fused-ring (bicyclic) bond motifs is 1. The van der Waals surface area contributed by atoms with Gasteiger partial charge in [0.05, 0.1) is 18.7 Å². The van der Waals surface area contributed by atoms with Crippen molar-refractivity contribution in [1.82, 2.24) is 9.91 Å². The summed E-state index contributed by atoms with van der Waals surface area (Å²) >= 11 is 0. The highest BCUT2D eigenvalue weighted by molar-refractivity contribution is 6.44. The van der Waals surface area contributed by atoms with Crippen LogP contribution in [0.1, 0.15) is 39.7 Å². The summed E-state index contributed by atoms with van der Waals surface area (Å²) in [5.74, 6) is -2.73. The molecule has 0 N–H and O–H groups in total. The third-order valence-electron chi connectivity index (χ3n) is 5.11. The number of nitrogens with zero attached hydrogens (tertiary/aromatic N) is 3. The van der Waals surface area contributed by atoms with Crippen LogP contribution in [0.25, 0.3) is 0 Å². The number of Topliss-reactive ketones (excluding diaryl/α,β-unsaturated/α-hetero) is 1. The molecule has 1 fully saturated rings.